The van der Waals surface area contributed by atoms with Gasteiger partial charge in [0.15, 0.2) is 11.5 Å². The highest BCUT2D eigenvalue weighted by Gasteiger charge is 2.18. The van der Waals surface area contributed by atoms with E-state index in [1.807, 2.05) is 31.3 Å². The van der Waals surface area contributed by atoms with E-state index in [-0.39, 0.29) is 12.7 Å². The number of carbonyl (C=O) groups is 1. The summed E-state index contributed by atoms with van der Waals surface area (Å²) in [5.41, 5.74) is 4.55. The Balaban J connectivity index is 1.49. The summed E-state index contributed by atoms with van der Waals surface area (Å²) in [6.45, 7) is 0.815. The standard InChI is InChI=1S/C20H21NO3/c1-21(12-14-6-9-18-19(10-14)24-13-23-18)20(22)17-8-7-15-4-2-3-5-16(15)11-17/h6-11H,2-5,12-13H2,1H3. The predicted molar refractivity (Wildman–Crippen MR) is 91.4 cm³/mol. The molecule has 0 N–H and O–H groups in total. The van der Waals surface area contributed by atoms with Gasteiger partial charge in [0.25, 0.3) is 5.91 Å². The van der Waals surface area contributed by atoms with Crippen molar-refractivity contribution in [2.75, 3.05) is 13.8 Å². The molecule has 0 atom stereocenters. The van der Waals surface area contributed by atoms with E-state index >= 15 is 0 Å². The molecule has 0 bridgehead atoms. The third-order valence-electron chi connectivity index (χ3n) is 4.80. The lowest BCUT2D eigenvalue weighted by molar-refractivity contribution is 0.0785. The van der Waals surface area contributed by atoms with Gasteiger partial charge in [0.1, 0.15) is 0 Å². The Morgan fingerprint density at radius 3 is 2.67 bits per heavy atom. The Labute approximate surface area is 142 Å². The lowest BCUT2D eigenvalue weighted by Gasteiger charge is -2.20. The number of rotatable bonds is 3. The molecule has 0 saturated heterocycles. The van der Waals surface area contributed by atoms with Gasteiger partial charge in [0.2, 0.25) is 6.79 Å². The average molecular weight is 323 g/mol. The molecule has 1 amide bonds. The van der Waals surface area contributed by atoms with Crippen LogP contribution in [0.5, 0.6) is 11.5 Å². The van der Waals surface area contributed by atoms with Crippen molar-refractivity contribution in [3.8, 4) is 11.5 Å². The minimum atomic E-state index is 0.0565. The number of hydrogen-bond donors (Lipinski definition) is 0. The van der Waals surface area contributed by atoms with Crippen molar-refractivity contribution < 1.29 is 14.3 Å². The lowest BCUT2D eigenvalue weighted by atomic mass is 9.90. The molecule has 0 fully saturated rings. The summed E-state index contributed by atoms with van der Waals surface area (Å²) < 4.78 is 10.7. The molecule has 24 heavy (non-hydrogen) atoms. The number of amides is 1. The molecule has 4 nitrogen and oxygen atoms in total. The molecule has 1 heterocycles. The van der Waals surface area contributed by atoms with Crippen LogP contribution in [-0.4, -0.2) is 24.6 Å². The first-order valence-electron chi connectivity index (χ1n) is 8.46. The molecule has 2 aromatic carbocycles. The van der Waals surface area contributed by atoms with Crippen molar-refractivity contribution in [1.29, 1.82) is 0 Å². The molecule has 4 heteroatoms. The molecule has 124 valence electrons. The van der Waals surface area contributed by atoms with Crippen LogP contribution in [-0.2, 0) is 19.4 Å². The Bertz CT molecular complexity index is 784. The molecule has 4 rings (SSSR count). The lowest BCUT2D eigenvalue weighted by Crippen LogP contribution is -2.26. The van der Waals surface area contributed by atoms with E-state index in [4.69, 9.17) is 9.47 Å². The minimum absolute atomic E-state index is 0.0565. The zero-order valence-corrected chi connectivity index (χ0v) is 13.9. The molecule has 0 unspecified atom stereocenters. The first kappa shape index (κ1) is 15.1. The summed E-state index contributed by atoms with van der Waals surface area (Å²) in [5, 5.41) is 0. The number of hydrogen-bond acceptors (Lipinski definition) is 3. The summed E-state index contributed by atoms with van der Waals surface area (Å²) >= 11 is 0. The summed E-state index contributed by atoms with van der Waals surface area (Å²) in [6.07, 6.45) is 4.70. The number of benzene rings is 2. The summed E-state index contributed by atoms with van der Waals surface area (Å²) in [7, 11) is 1.84. The fourth-order valence-electron chi connectivity index (χ4n) is 3.47. The average Bonchev–Trinajstić information content (AvgIpc) is 3.08. The molecule has 2 aromatic rings. The fourth-order valence-corrected chi connectivity index (χ4v) is 3.47. The van der Waals surface area contributed by atoms with E-state index in [0.717, 1.165) is 35.5 Å². The molecule has 0 radical (unpaired) electrons. The molecule has 0 spiro atoms. The van der Waals surface area contributed by atoms with Gasteiger partial charge in [0.05, 0.1) is 0 Å². The maximum atomic E-state index is 12.7. The van der Waals surface area contributed by atoms with Crippen LogP contribution in [0.1, 0.15) is 39.9 Å². The van der Waals surface area contributed by atoms with Gasteiger partial charge < -0.3 is 14.4 Å². The van der Waals surface area contributed by atoms with Gasteiger partial charge in [-0.15, -0.1) is 0 Å². The summed E-state index contributed by atoms with van der Waals surface area (Å²) in [6, 6.07) is 12.0. The quantitative estimate of drug-likeness (QED) is 0.867. The van der Waals surface area contributed by atoms with Gasteiger partial charge in [-0.1, -0.05) is 12.1 Å². The Morgan fingerprint density at radius 2 is 1.79 bits per heavy atom. The maximum Gasteiger partial charge on any atom is 0.253 e. The highest BCUT2D eigenvalue weighted by atomic mass is 16.7. The number of carbonyl (C=O) groups excluding carboxylic acids is 1. The molecular weight excluding hydrogens is 302 g/mol. The van der Waals surface area contributed by atoms with Gasteiger partial charge in [-0.3, -0.25) is 4.79 Å². The second-order valence-electron chi connectivity index (χ2n) is 6.54. The Kier molecular flexibility index (Phi) is 3.89. The molecule has 1 aliphatic carbocycles. The second-order valence-corrected chi connectivity index (χ2v) is 6.54. The van der Waals surface area contributed by atoms with Crippen molar-refractivity contribution in [2.24, 2.45) is 0 Å². The predicted octanol–water partition coefficient (Wildman–Crippen LogP) is 3.57. The number of nitrogens with zero attached hydrogens (tertiary/aromatic N) is 1. The smallest absolute Gasteiger partial charge is 0.253 e. The number of fused-ring (bicyclic) bond motifs is 2. The topological polar surface area (TPSA) is 38.8 Å². The van der Waals surface area contributed by atoms with Crippen LogP contribution in [0, 0.1) is 0 Å². The largest absolute Gasteiger partial charge is 0.454 e. The van der Waals surface area contributed by atoms with E-state index in [2.05, 4.69) is 12.1 Å². The van der Waals surface area contributed by atoms with E-state index in [1.165, 1.54) is 24.0 Å². The summed E-state index contributed by atoms with van der Waals surface area (Å²) in [5.74, 6) is 1.57. The molecule has 2 aliphatic rings. The SMILES string of the molecule is CN(Cc1ccc2c(c1)OCO2)C(=O)c1ccc2c(c1)CCCC2. The van der Waals surface area contributed by atoms with Gasteiger partial charge >= 0.3 is 0 Å². The zero-order chi connectivity index (χ0) is 16.5. The van der Waals surface area contributed by atoms with Gasteiger partial charge in [-0.25, -0.2) is 0 Å². The number of aryl methyl sites for hydroxylation is 2. The third-order valence-corrected chi connectivity index (χ3v) is 4.80. The normalized spacial score (nSPS) is 15.0. The molecule has 0 aromatic heterocycles. The first-order chi connectivity index (χ1) is 11.7. The fraction of sp³-hybridized carbons (Fsp3) is 0.350. The Hall–Kier alpha value is -2.49. The minimum Gasteiger partial charge on any atom is -0.454 e. The van der Waals surface area contributed by atoms with Crippen molar-refractivity contribution >= 4 is 5.91 Å². The van der Waals surface area contributed by atoms with E-state index in [1.54, 1.807) is 4.90 Å². The van der Waals surface area contributed by atoms with Crippen LogP contribution in [0.4, 0.5) is 0 Å². The van der Waals surface area contributed by atoms with Crippen LogP contribution < -0.4 is 9.47 Å². The van der Waals surface area contributed by atoms with Gasteiger partial charge in [0, 0.05) is 19.2 Å². The van der Waals surface area contributed by atoms with Gasteiger partial charge in [-0.2, -0.15) is 0 Å². The van der Waals surface area contributed by atoms with Crippen molar-refractivity contribution in [3.05, 3.63) is 58.7 Å². The van der Waals surface area contributed by atoms with Crippen molar-refractivity contribution in [2.45, 2.75) is 32.2 Å². The monoisotopic (exact) mass is 323 g/mol. The van der Waals surface area contributed by atoms with Crippen LogP contribution >= 0.6 is 0 Å². The van der Waals surface area contributed by atoms with Crippen molar-refractivity contribution in [3.63, 3.8) is 0 Å². The van der Waals surface area contributed by atoms with Crippen LogP contribution in [0.25, 0.3) is 0 Å². The van der Waals surface area contributed by atoms with Gasteiger partial charge in [-0.05, 0) is 66.6 Å². The molecule has 1 aliphatic heterocycles. The van der Waals surface area contributed by atoms with E-state index in [0.29, 0.717) is 6.54 Å². The molecular formula is C20H21NO3. The van der Waals surface area contributed by atoms with Crippen LogP contribution in [0.3, 0.4) is 0 Å². The third kappa shape index (κ3) is 2.84. The first-order valence-corrected chi connectivity index (χ1v) is 8.46. The Morgan fingerprint density at radius 1 is 1.00 bits per heavy atom. The molecule has 0 saturated carbocycles. The maximum absolute atomic E-state index is 12.7. The summed E-state index contributed by atoms with van der Waals surface area (Å²) in [4.78, 5) is 14.5. The zero-order valence-electron chi connectivity index (χ0n) is 13.9. The van der Waals surface area contributed by atoms with E-state index < -0.39 is 0 Å². The van der Waals surface area contributed by atoms with E-state index in [9.17, 15) is 4.79 Å². The van der Waals surface area contributed by atoms with Crippen molar-refractivity contribution in [1.82, 2.24) is 4.90 Å². The highest BCUT2D eigenvalue weighted by molar-refractivity contribution is 5.94. The second kappa shape index (κ2) is 6.19. The van der Waals surface area contributed by atoms with Crippen LogP contribution in [0.15, 0.2) is 36.4 Å². The highest BCUT2D eigenvalue weighted by Crippen LogP contribution is 2.32. The van der Waals surface area contributed by atoms with Crippen LogP contribution in [0.2, 0.25) is 0 Å². The number of ether oxygens (including phenoxy) is 2.